The van der Waals surface area contributed by atoms with Crippen LogP contribution in [0.3, 0.4) is 0 Å². The smallest absolute Gasteiger partial charge is 0.326 e. The number of carbonyl (C=O) groups excluding carboxylic acids is 2. The van der Waals surface area contributed by atoms with Crippen molar-refractivity contribution in [1.82, 2.24) is 15.8 Å². The minimum Gasteiger partial charge on any atom is -0.461 e. The van der Waals surface area contributed by atoms with Gasteiger partial charge < -0.3 is 4.74 Å². The average molecular weight is 373 g/mol. The number of nitrogens with one attached hydrogen (secondary N) is 2. The highest BCUT2D eigenvalue weighted by Gasteiger charge is 2.43. The number of rotatable bonds is 7. The molecule has 3 N–H and O–H groups in total. The summed E-state index contributed by atoms with van der Waals surface area (Å²) >= 11 is 0. The van der Waals surface area contributed by atoms with E-state index < -0.39 is 11.4 Å². The molecule has 0 saturated heterocycles. The van der Waals surface area contributed by atoms with Gasteiger partial charge in [0.15, 0.2) is 0 Å². The predicted octanol–water partition coefficient (Wildman–Crippen LogP) is 2.49. The number of hydroxylamine groups is 1. The molecule has 2 saturated carbocycles. The summed E-state index contributed by atoms with van der Waals surface area (Å²) in [5.41, 5.74) is 2.52. The normalized spacial score (nSPS) is 19.4. The SMILES string of the molecule is O=C(/C=C/c1ccc(CNC2(C(=O)OC3CCCC3)CCCC2)cn1)NO. The van der Waals surface area contributed by atoms with Gasteiger partial charge in [0.2, 0.25) is 0 Å². The molecule has 3 rings (SSSR count). The van der Waals surface area contributed by atoms with Gasteiger partial charge in [-0.3, -0.25) is 25.1 Å². The molecule has 2 fully saturated rings. The van der Waals surface area contributed by atoms with Crippen LogP contribution >= 0.6 is 0 Å². The molecule has 27 heavy (non-hydrogen) atoms. The maximum absolute atomic E-state index is 12.8. The van der Waals surface area contributed by atoms with Crippen molar-refractivity contribution >= 4 is 18.0 Å². The van der Waals surface area contributed by atoms with E-state index in [9.17, 15) is 9.59 Å². The van der Waals surface area contributed by atoms with E-state index in [0.29, 0.717) is 12.2 Å². The van der Waals surface area contributed by atoms with Crippen LogP contribution in [-0.4, -0.2) is 33.7 Å². The lowest BCUT2D eigenvalue weighted by Gasteiger charge is -2.29. The van der Waals surface area contributed by atoms with E-state index in [1.54, 1.807) is 12.3 Å². The Morgan fingerprint density at radius 1 is 1.22 bits per heavy atom. The average Bonchev–Trinajstić information content (AvgIpc) is 3.38. The van der Waals surface area contributed by atoms with Crippen molar-refractivity contribution in [3.8, 4) is 0 Å². The number of carbonyl (C=O) groups is 2. The minimum atomic E-state index is -0.605. The van der Waals surface area contributed by atoms with Crippen molar-refractivity contribution in [2.45, 2.75) is 69.6 Å². The standard InChI is InChI=1S/C20H27N3O4/c24-18(23-26)10-9-16-8-7-15(13-21-16)14-22-20(11-3-4-12-20)19(25)27-17-5-1-2-6-17/h7-10,13,17,22,26H,1-6,11-12,14H2,(H,23,24)/b10-9+. The van der Waals surface area contributed by atoms with Crippen molar-refractivity contribution in [1.29, 1.82) is 0 Å². The zero-order valence-corrected chi connectivity index (χ0v) is 15.4. The van der Waals surface area contributed by atoms with Crippen LogP contribution in [0.2, 0.25) is 0 Å². The molecule has 0 bridgehead atoms. The Hall–Kier alpha value is -2.25. The zero-order valence-electron chi connectivity index (χ0n) is 15.4. The lowest BCUT2D eigenvalue weighted by atomic mass is 9.97. The lowest BCUT2D eigenvalue weighted by molar-refractivity contribution is -0.157. The maximum atomic E-state index is 12.8. The van der Waals surface area contributed by atoms with Gasteiger partial charge in [0.1, 0.15) is 11.6 Å². The monoisotopic (exact) mass is 373 g/mol. The van der Waals surface area contributed by atoms with E-state index in [1.165, 1.54) is 17.6 Å². The second kappa shape index (κ2) is 9.10. The molecule has 1 aromatic heterocycles. The molecule has 1 heterocycles. The fourth-order valence-electron chi connectivity index (χ4n) is 3.81. The summed E-state index contributed by atoms with van der Waals surface area (Å²) < 4.78 is 5.79. The van der Waals surface area contributed by atoms with Crippen molar-refractivity contribution in [2.75, 3.05) is 0 Å². The van der Waals surface area contributed by atoms with Gasteiger partial charge in [-0.2, -0.15) is 0 Å². The molecule has 0 aromatic carbocycles. The number of esters is 1. The van der Waals surface area contributed by atoms with Crippen LogP contribution in [0.5, 0.6) is 0 Å². The highest BCUT2D eigenvalue weighted by molar-refractivity contribution is 5.90. The number of ether oxygens (including phenoxy) is 1. The van der Waals surface area contributed by atoms with Crippen molar-refractivity contribution in [3.05, 3.63) is 35.7 Å². The van der Waals surface area contributed by atoms with E-state index in [1.807, 2.05) is 6.07 Å². The summed E-state index contributed by atoms with van der Waals surface area (Å²) in [5.74, 6) is -0.707. The first-order valence-electron chi connectivity index (χ1n) is 9.64. The Morgan fingerprint density at radius 2 is 1.96 bits per heavy atom. The molecular formula is C20H27N3O4. The molecule has 7 heteroatoms. The van der Waals surface area contributed by atoms with Gasteiger partial charge in [-0.05, 0) is 56.2 Å². The van der Waals surface area contributed by atoms with Crippen LogP contribution in [0.4, 0.5) is 0 Å². The Balaban J connectivity index is 1.58. The van der Waals surface area contributed by atoms with Crippen molar-refractivity contribution < 1.29 is 19.5 Å². The summed E-state index contributed by atoms with van der Waals surface area (Å²) in [6.07, 6.45) is 12.4. The Labute approximate surface area is 159 Å². The van der Waals surface area contributed by atoms with E-state index in [2.05, 4.69) is 10.3 Å². The predicted molar refractivity (Wildman–Crippen MR) is 99.6 cm³/mol. The molecule has 0 radical (unpaired) electrons. The van der Waals surface area contributed by atoms with E-state index in [4.69, 9.17) is 9.94 Å². The van der Waals surface area contributed by atoms with Crippen molar-refractivity contribution in [2.24, 2.45) is 0 Å². The molecule has 2 aliphatic rings. The van der Waals surface area contributed by atoms with Gasteiger partial charge in [-0.25, -0.2) is 5.48 Å². The molecule has 0 spiro atoms. The first-order valence-corrected chi connectivity index (χ1v) is 9.64. The molecule has 7 nitrogen and oxygen atoms in total. The first kappa shape index (κ1) is 19.5. The fourth-order valence-corrected chi connectivity index (χ4v) is 3.81. The number of pyridine rings is 1. The molecule has 0 atom stereocenters. The maximum Gasteiger partial charge on any atom is 0.326 e. The van der Waals surface area contributed by atoms with Crippen LogP contribution < -0.4 is 10.8 Å². The number of aromatic nitrogens is 1. The Bertz CT molecular complexity index is 675. The van der Waals surface area contributed by atoms with Crippen LogP contribution in [0.1, 0.15) is 62.6 Å². The van der Waals surface area contributed by atoms with Gasteiger partial charge in [0, 0.05) is 18.8 Å². The van der Waals surface area contributed by atoms with Gasteiger partial charge >= 0.3 is 5.97 Å². The van der Waals surface area contributed by atoms with E-state index in [-0.39, 0.29) is 12.1 Å². The molecule has 2 aliphatic carbocycles. The first-order chi connectivity index (χ1) is 13.1. The fraction of sp³-hybridized carbons (Fsp3) is 0.550. The second-order valence-electron chi connectivity index (χ2n) is 7.36. The summed E-state index contributed by atoms with van der Waals surface area (Å²) in [4.78, 5) is 28.1. The molecule has 146 valence electrons. The lowest BCUT2D eigenvalue weighted by Crippen LogP contribution is -2.51. The zero-order chi connectivity index (χ0) is 19.1. The highest BCUT2D eigenvalue weighted by Crippen LogP contribution is 2.33. The van der Waals surface area contributed by atoms with Crippen LogP contribution in [0, 0.1) is 0 Å². The van der Waals surface area contributed by atoms with Gasteiger partial charge in [0.05, 0.1) is 5.69 Å². The van der Waals surface area contributed by atoms with Crippen molar-refractivity contribution in [3.63, 3.8) is 0 Å². The molecule has 1 amide bonds. The number of amides is 1. The number of nitrogens with zero attached hydrogens (tertiary/aromatic N) is 1. The van der Waals surface area contributed by atoms with E-state index in [0.717, 1.165) is 56.9 Å². The number of hydrogen-bond donors (Lipinski definition) is 3. The largest absolute Gasteiger partial charge is 0.461 e. The topological polar surface area (TPSA) is 101 Å². The summed E-state index contributed by atoms with van der Waals surface area (Å²) in [7, 11) is 0. The van der Waals surface area contributed by atoms with Gasteiger partial charge in [0.25, 0.3) is 5.91 Å². The molecular weight excluding hydrogens is 346 g/mol. The quantitative estimate of drug-likeness (QED) is 0.294. The van der Waals surface area contributed by atoms with E-state index >= 15 is 0 Å². The van der Waals surface area contributed by atoms with Gasteiger partial charge in [-0.1, -0.05) is 18.9 Å². The third kappa shape index (κ3) is 5.14. The molecule has 0 unspecified atom stereocenters. The summed E-state index contributed by atoms with van der Waals surface area (Å²) in [6, 6.07) is 3.69. The molecule has 0 aliphatic heterocycles. The molecule has 1 aromatic rings. The summed E-state index contributed by atoms with van der Waals surface area (Å²) in [6.45, 7) is 0.536. The summed E-state index contributed by atoms with van der Waals surface area (Å²) in [5, 5.41) is 11.9. The third-order valence-electron chi connectivity index (χ3n) is 5.42. The minimum absolute atomic E-state index is 0.0839. The Kier molecular flexibility index (Phi) is 6.58. The number of hydrogen-bond acceptors (Lipinski definition) is 6. The third-order valence-corrected chi connectivity index (χ3v) is 5.42. The van der Waals surface area contributed by atoms with Gasteiger partial charge in [-0.15, -0.1) is 0 Å². The highest BCUT2D eigenvalue weighted by atomic mass is 16.5. The van der Waals surface area contributed by atoms with Crippen LogP contribution in [0.25, 0.3) is 6.08 Å². The van der Waals surface area contributed by atoms with Crippen LogP contribution in [-0.2, 0) is 20.9 Å². The second-order valence-corrected chi connectivity index (χ2v) is 7.36. The Morgan fingerprint density at radius 3 is 2.59 bits per heavy atom. The van der Waals surface area contributed by atoms with Crippen LogP contribution in [0.15, 0.2) is 24.4 Å².